The summed E-state index contributed by atoms with van der Waals surface area (Å²) in [6.45, 7) is 4.59. The fourth-order valence-electron chi connectivity index (χ4n) is 3.15. The Balaban J connectivity index is 1.71. The number of hydrogen-bond donors (Lipinski definition) is 3. The van der Waals surface area contributed by atoms with E-state index in [4.69, 9.17) is 5.73 Å². The lowest BCUT2D eigenvalue weighted by atomic mass is 9.80. The average molecular weight is 308 g/mol. The van der Waals surface area contributed by atoms with E-state index in [1.807, 2.05) is 0 Å². The van der Waals surface area contributed by atoms with Crippen LogP contribution in [0.1, 0.15) is 56.3 Å². The number of anilines is 2. The van der Waals surface area contributed by atoms with Gasteiger partial charge in [0.1, 0.15) is 10.6 Å². The van der Waals surface area contributed by atoms with Gasteiger partial charge in [0.2, 0.25) is 0 Å². The first-order valence-corrected chi connectivity index (χ1v) is 8.64. The maximum atomic E-state index is 12.3. The lowest BCUT2D eigenvalue weighted by molar-refractivity contribution is 0.0953. The monoisotopic (exact) mass is 308 g/mol. The minimum Gasteiger partial charge on any atom is -0.382 e. The highest BCUT2D eigenvalue weighted by molar-refractivity contribution is 7.11. The molecule has 1 amide bonds. The average Bonchev–Trinajstić information content (AvgIpc) is 3.15. The smallest absolute Gasteiger partial charge is 0.258 e. The van der Waals surface area contributed by atoms with Gasteiger partial charge in [-0.05, 0) is 55.5 Å². The van der Waals surface area contributed by atoms with E-state index in [-0.39, 0.29) is 5.91 Å². The van der Waals surface area contributed by atoms with Crippen LogP contribution in [-0.2, 0) is 0 Å². The zero-order valence-electron chi connectivity index (χ0n) is 12.7. The Labute approximate surface area is 129 Å². The molecule has 3 unspecified atom stereocenters. The summed E-state index contributed by atoms with van der Waals surface area (Å²) in [4.78, 5) is 12.3. The Morgan fingerprint density at radius 1 is 1.29 bits per heavy atom. The Morgan fingerprint density at radius 2 is 2.05 bits per heavy atom. The summed E-state index contributed by atoms with van der Waals surface area (Å²) < 4.78 is 4.17. The minimum absolute atomic E-state index is 0.0805. The fourth-order valence-corrected chi connectivity index (χ4v) is 3.93. The van der Waals surface area contributed by atoms with E-state index in [1.165, 1.54) is 24.4 Å². The number of carbonyl (C=O) groups excluding carboxylic acids is 1. The topological polar surface area (TPSA) is 80.0 Å². The van der Waals surface area contributed by atoms with Crippen LogP contribution >= 0.6 is 11.5 Å². The molecule has 2 fully saturated rings. The first-order valence-electron chi connectivity index (χ1n) is 7.87. The highest BCUT2D eigenvalue weighted by atomic mass is 32.1. The molecule has 21 heavy (non-hydrogen) atoms. The molecular formula is C15H24N4OS. The van der Waals surface area contributed by atoms with Crippen LogP contribution in [0.25, 0.3) is 0 Å². The summed E-state index contributed by atoms with van der Waals surface area (Å²) in [5.41, 5.74) is 6.44. The lowest BCUT2D eigenvalue weighted by Crippen LogP contribution is -2.34. The summed E-state index contributed by atoms with van der Waals surface area (Å²) in [7, 11) is 0. The molecule has 0 saturated heterocycles. The summed E-state index contributed by atoms with van der Waals surface area (Å²) in [6, 6.07) is 0.743. The van der Waals surface area contributed by atoms with Crippen molar-refractivity contribution in [3.05, 3.63) is 5.56 Å². The first-order chi connectivity index (χ1) is 10.0. The predicted octanol–water partition coefficient (Wildman–Crippen LogP) is 2.85. The second kappa shape index (κ2) is 5.83. The highest BCUT2D eigenvalue weighted by Crippen LogP contribution is 2.34. The lowest BCUT2D eigenvalue weighted by Gasteiger charge is -2.33. The second-order valence-corrected chi connectivity index (χ2v) is 7.44. The van der Waals surface area contributed by atoms with Gasteiger partial charge in [0.15, 0.2) is 5.82 Å². The van der Waals surface area contributed by atoms with E-state index >= 15 is 0 Å². The van der Waals surface area contributed by atoms with Crippen molar-refractivity contribution in [2.45, 2.75) is 58.0 Å². The maximum absolute atomic E-state index is 12.3. The summed E-state index contributed by atoms with van der Waals surface area (Å²) in [5.74, 6) is 1.67. The van der Waals surface area contributed by atoms with E-state index in [0.29, 0.717) is 29.4 Å². The number of rotatable bonds is 4. The quantitative estimate of drug-likeness (QED) is 0.799. The molecule has 2 saturated carbocycles. The van der Waals surface area contributed by atoms with Gasteiger partial charge in [0, 0.05) is 12.1 Å². The van der Waals surface area contributed by atoms with Gasteiger partial charge < -0.3 is 16.4 Å². The van der Waals surface area contributed by atoms with Crippen LogP contribution in [-0.4, -0.2) is 22.4 Å². The van der Waals surface area contributed by atoms with E-state index < -0.39 is 0 Å². The summed E-state index contributed by atoms with van der Waals surface area (Å²) in [6.07, 6.45) is 5.76. The van der Waals surface area contributed by atoms with Gasteiger partial charge in [0.25, 0.3) is 5.91 Å². The molecule has 1 aromatic heterocycles. The molecule has 2 aliphatic carbocycles. The van der Waals surface area contributed by atoms with Crippen molar-refractivity contribution < 1.29 is 4.79 Å². The SMILES string of the molecule is CC1CCC(Nc2snc(N)c2C(=O)NC2CC2)C(C)C1. The third-order valence-corrected chi connectivity index (χ3v) is 5.40. The van der Waals surface area contributed by atoms with Crippen molar-refractivity contribution in [1.29, 1.82) is 0 Å². The van der Waals surface area contributed by atoms with Crippen LogP contribution in [0.5, 0.6) is 0 Å². The van der Waals surface area contributed by atoms with Gasteiger partial charge in [-0.25, -0.2) is 0 Å². The number of nitrogens with one attached hydrogen (secondary N) is 2. The number of carbonyl (C=O) groups is 1. The minimum atomic E-state index is -0.0805. The molecular weight excluding hydrogens is 284 g/mol. The molecule has 5 nitrogen and oxygen atoms in total. The number of aromatic nitrogens is 1. The molecule has 3 atom stereocenters. The highest BCUT2D eigenvalue weighted by Gasteiger charge is 2.30. The molecule has 2 aliphatic rings. The fraction of sp³-hybridized carbons (Fsp3) is 0.733. The number of nitrogen functional groups attached to an aromatic ring is 1. The van der Waals surface area contributed by atoms with Crippen molar-refractivity contribution in [2.24, 2.45) is 11.8 Å². The van der Waals surface area contributed by atoms with Gasteiger partial charge in [0.05, 0.1) is 0 Å². The normalized spacial score (nSPS) is 29.1. The maximum Gasteiger partial charge on any atom is 0.258 e. The van der Waals surface area contributed by atoms with Crippen LogP contribution < -0.4 is 16.4 Å². The van der Waals surface area contributed by atoms with Crippen LogP contribution in [0, 0.1) is 11.8 Å². The van der Waals surface area contributed by atoms with Crippen LogP contribution in [0.2, 0.25) is 0 Å². The molecule has 0 bridgehead atoms. The number of nitrogens with zero attached hydrogens (tertiary/aromatic N) is 1. The van der Waals surface area contributed by atoms with Crippen molar-refractivity contribution >= 4 is 28.3 Å². The molecule has 6 heteroatoms. The van der Waals surface area contributed by atoms with Gasteiger partial charge in [-0.1, -0.05) is 13.8 Å². The molecule has 3 rings (SSSR count). The van der Waals surface area contributed by atoms with Crippen molar-refractivity contribution in [2.75, 3.05) is 11.1 Å². The molecule has 1 heterocycles. The van der Waals surface area contributed by atoms with Crippen LogP contribution in [0.3, 0.4) is 0 Å². The molecule has 0 aromatic carbocycles. The first kappa shape index (κ1) is 14.6. The molecule has 0 spiro atoms. The van der Waals surface area contributed by atoms with Gasteiger partial charge >= 0.3 is 0 Å². The summed E-state index contributed by atoms with van der Waals surface area (Å²) >= 11 is 1.30. The molecule has 1 aromatic rings. The van der Waals surface area contributed by atoms with Crippen LogP contribution in [0.15, 0.2) is 0 Å². The number of nitrogens with two attached hydrogens (primary N) is 1. The van der Waals surface area contributed by atoms with Crippen molar-refractivity contribution in [1.82, 2.24) is 9.69 Å². The van der Waals surface area contributed by atoms with Gasteiger partial charge in [-0.3, -0.25) is 4.79 Å². The molecule has 0 radical (unpaired) electrons. The van der Waals surface area contributed by atoms with Crippen molar-refractivity contribution in [3.8, 4) is 0 Å². The Hall–Kier alpha value is -1.30. The largest absolute Gasteiger partial charge is 0.382 e. The summed E-state index contributed by atoms with van der Waals surface area (Å²) in [5, 5.41) is 7.36. The van der Waals surface area contributed by atoms with Gasteiger partial charge in [-0.15, -0.1) is 0 Å². The van der Waals surface area contributed by atoms with Crippen molar-refractivity contribution in [3.63, 3.8) is 0 Å². The second-order valence-electron chi connectivity index (χ2n) is 6.67. The van der Waals surface area contributed by atoms with E-state index in [9.17, 15) is 4.79 Å². The van der Waals surface area contributed by atoms with Gasteiger partial charge in [-0.2, -0.15) is 4.37 Å². The van der Waals surface area contributed by atoms with E-state index in [0.717, 1.165) is 30.2 Å². The Morgan fingerprint density at radius 3 is 2.71 bits per heavy atom. The van der Waals surface area contributed by atoms with E-state index in [2.05, 4.69) is 28.9 Å². The zero-order valence-corrected chi connectivity index (χ0v) is 13.5. The standard InChI is InChI=1S/C15H24N4OS/c1-8-3-6-11(9(2)7-8)18-15-12(13(16)19-21-15)14(20)17-10-4-5-10/h8-11,18H,3-7H2,1-2H3,(H2,16,19)(H,17,20). The third-order valence-electron chi connectivity index (χ3n) is 4.61. The number of hydrogen-bond acceptors (Lipinski definition) is 5. The molecule has 0 aliphatic heterocycles. The Kier molecular flexibility index (Phi) is 4.06. The van der Waals surface area contributed by atoms with Crippen LogP contribution in [0.4, 0.5) is 10.8 Å². The van der Waals surface area contributed by atoms with E-state index in [1.54, 1.807) is 0 Å². The number of amides is 1. The Bertz CT molecular complexity index is 526. The molecule has 4 N–H and O–H groups in total. The predicted molar refractivity (Wildman–Crippen MR) is 86.6 cm³/mol. The third kappa shape index (κ3) is 3.31. The molecule has 116 valence electrons. The zero-order chi connectivity index (χ0) is 15.0.